The number of carboxylic acids is 1. The van der Waals surface area contributed by atoms with Gasteiger partial charge in [0.25, 0.3) is 0 Å². The zero-order chi connectivity index (χ0) is 30.3. The Morgan fingerprint density at radius 3 is 2.60 bits per heavy atom. The van der Waals surface area contributed by atoms with Gasteiger partial charge in [-0.25, -0.2) is 0 Å². The van der Waals surface area contributed by atoms with Crippen LogP contribution >= 0.6 is 0 Å². The largest absolute Gasteiger partial charge is 0.493 e. The fourth-order valence-electron chi connectivity index (χ4n) is 6.83. The normalized spacial score (nSPS) is 20.8. The summed E-state index contributed by atoms with van der Waals surface area (Å²) in [6, 6.07) is 11.7. The summed E-state index contributed by atoms with van der Waals surface area (Å²) in [5, 5.41) is 10.6. The number of aliphatic carboxylic acids is 1. The molecule has 0 radical (unpaired) electrons. The molecule has 1 fully saturated rings. The third kappa shape index (κ3) is 7.44. The number of rotatable bonds is 15. The number of amides is 1. The zero-order valence-electron chi connectivity index (χ0n) is 25.9. The highest BCUT2D eigenvalue weighted by Gasteiger charge is 2.47. The van der Waals surface area contributed by atoms with Gasteiger partial charge in [-0.2, -0.15) is 0 Å². The quantitative estimate of drug-likeness (QED) is 0.304. The number of carbonyl (C=O) groups excluding carboxylic acids is 1. The van der Waals surface area contributed by atoms with Crippen molar-refractivity contribution in [2.75, 3.05) is 60.2 Å². The van der Waals surface area contributed by atoms with Gasteiger partial charge in [0, 0.05) is 38.0 Å². The molecule has 234 valence electrons. The van der Waals surface area contributed by atoms with Crippen LogP contribution in [0.4, 0.5) is 0 Å². The monoisotopic (exact) mass is 593 g/mol. The van der Waals surface area contributed by atoms with E-state index in [2.05, 4.69) is 36.9 Å². The van der Waals surface area contributed by atoms with Crippen molar-refractivity contribution in [1.82, 2.24) is 14.7 Å². The minimum Gasteiger partial charge on any atom is -0.493 e. The van der Waals surface area contributed by atoms with Crippen LogP contribution in [0.5, 0.6) is 17.2 Å². The molecule has 3 aliphatic rings. The summed E-state index contributed by atoms with van der Waals surface area (Å²) < 4.78 is 17.0. The van der Waals surface area contributed by atoms with E-state index in [0.29, 0.717) is 26.0 Å². The van der Waals surface area contributed by atoms with Gasteiger partial charge in [-0.15, -0.1) is 0 Å². The molecule has 1 amide bonds. The Morgan fingerprint density at radius 2 is 1.81 bits per heavy atom. The number of fused-ring (bicyclic) bond motifs is 2. The second-order valence-corrected chi connectivity index (χ2v) is 12.4. The number of likely N-dealkylation sites (tertiary alicyclic amines) is 1. The first-order chi connectivity index (χ1) is 20.9. The molecule has 9 nitrogen and oxygen atoms in total. The average molecular weight is 594 g/mol. The number of para-hydroxylation sites is 1. The van der Waals surface area contributed by atoms with Gasteiger partial charge >= 0.3 is 5.97 Å². The van der Waals surface area contributed by atoms with Crippen LogP contribution < -0.4 is 14.2 Å². The maximum atomic E-state index is 13.9. The van der Waals surface area contributed by atoms with Crippen molar-refractivity contribution in [3.8, 4) is 17.2 Å². The van der Waals surface area contributed by atoms with Crippen molar-refractivity contribution < 1.29 is 28.9 Å². The van der Waals surface area contributed by atoms with Gasteiger partial charge in [-0.1, -0.05) is 37.6 Å². The number of unbranched alkanes of at least 4 members (excludes halogenated alkanes) is 2. The van der Waals surface area contributed by atoms with Crippen molar-refractivity contribution in [2.45, 2.75) is 63.8 Å². The molecule has 2 aromatic rings. The van der Waals surface area contributed by atoms with E-state index in [-0.39, 0.29) is 31.2 Å². The number of nitrogens with zero attached hydrogens (tertiary/aromatic N) is 3. The third-order valence-electron chi connectivity index (χ3n) is 9.12. The first-order valence-corrected chi connectivity index (χ1v) is 15.9. The molecule has 3 heterocycles. The van der Waals surface area contributed by atoms with E-state index in [0.717, 1.165) is 85.7 Å². The zero-order valence-corrected chi connectivity index (χ0v) is 25.9. The van der Waals surface area contributed by atoms with Crippen molar-refractivity contribution >= 4 is 11.9 Å². The van der Waals surface area contributed by atoms with E-state index >= 15 is 0 Å². The molecule has 0 unspecified atom stereocenters. The van der Waals surface area contributed by atoms with Crippen LogP contribution in [-0.2, 0) is 22.4 Å². The third-order valence-corrected chi connectivity index (χ3v) is 9.12. The minimum atomic E-state index is -0.814. The van der Waals surface area contributed by atoms with Gasteiger partial charge in [0.05, 0.1) is 19.1 Å². The Hall–Kier alpha value is -3.30. The van der Waals surface area contributed by atoms with Crippen LogP contribution in [-0.4, -0.2) is 97.9 Å². The predicted molar refractivity (Wildman–Crippen MR) is 165 cm³/mol. The lowest BCUT2D eigenvalue weighted by Crippen LogP contribution is -2.45. The van der Waals surface area contributed by atoms with Crippen molar-refractivity contribution in [3.05, 3.63) is 53.1 Å². The lowest BCUT2D eigenvalue weighted by Gasteiger charge is -2.30. The number of carbonyl (C=O) groups is 2. The van der Waals surface area contributed by atoms with Crippen molar-refractivity contribution in [2.24, 2.45) is 5.92 Å². The molecule has 3 atom stereocenters. The van der Waals surface area contributed by atoms with Crippen molar-refractivity contribution in [1.29, 1.82) is 0 Å². The maximum Gasteiger partial charge on any atom is 0.308 e. The van der Waals surface area contributed by atoms with E-state index < -0.39 is 11.9 Å². The summed E-state index contributed by atoms with van der Waals surface area (Å²) in [5.74, 6) is 0.785. The molecular weight excluding hydrogens is 546 g/mol. The predicted octanol–water partition coefficient (Wildman–Crippen LogP) is 4.42. The lowest BCUT2D eigenvalue weighted by molar-refractivity contribution is -0.143. The number of benzene rings is 2. The number of aryl methyl sites for hydroxylation is 1. The number of hydrogen-bond acceptors (Lipinski definition) is 7. The molecule has 0 saturated carbocycles. The smallest absolute Gasteiger partial charge is 0.308 e. The highest BCUT2D eigenvalue weighted by Crippen LogP contribution is 2.42. The molecule has 0 aliphatic carbocycles. The standard InChI is InChI=1S/C34H47N3O6/c1-4-5-17-36(18-7-6-16-35(2)3)31(38)22-37-21-27(25-12-14-29-26(20-25)15-19-41-29)32(34(39)40)28(37)13-11-24-9-8-10-30-33(24)43-23-42-30/h8-10,12,14,20,27-28,32H,4-7,11,13,15-19,21-23H2,1-3H3,(H,39,40)/t27-,28+,32-/m1/s1. The Balaban J connectivity index is 1.38. The molecule has 43 heavy (non-hydrogen) atoms. The second kappa shape index (κ2) is 14.4. The molecule has 1 saturated heterocycles. The van der Waals surface area contributed by atoms with Crippen LogP contribution in [0.15, 0.2) is 36.4 Å². The highest BCUT2D eigenvalue weighted by atomic mass is 16.7. The Morgan fingerprint density at radius 1 is 1.00 bits per heavy atom. The second-order valence-electron chi connectivity index (χ2n) is 12.4. The van der Waals surface area contributed by atoms with Crippen LogP contribution in [0.2, 0.25) is 0 Å². The van der Waals surface area contributed by atoms with Crippen LogP contribution in [0, 0.1) is 5.92 Å². The van der Waals surface area contributed by atoms with E-state index in [1.807, 2.05) is 35.2 Å². The number of hydrogen-bond donors (Lipinski definition) is 1. The molecule has 2 aromatic carbocycles. The van der Waals surface area contributed by atoms with Crippen molar-refractivity contribution in [3.63, 3.8) is 0 Å². The van der Waals surface area contributed by atoms with Gasteiger partial charge < -0.3 is 29.1 Å². The summed E-state index contributed by atoms with van der Waals surface area (Å²) in [6.07, 6.45) is 6.05. The molecule has 9 heteroatoms. The minimum absolute atomic E-state index is 0.0905. The summed E-state index contributed by atoms with van der Waals surface area (Å²) in [5.41, 5.74) is 3.16. The lowest BCUT2D eigenvalue weighted by atomic mass is 9.83. The maximum absolute atomic E-state index is 13.9. The fraction of sp³-hybridized carbons (Fsp3) is 0.588. The molecule has 0 aromatic heterocycles. The summed E-state index contributed by atoms with van der Waals surface area (Å²) in [7, 11) is 4.14. The summed E-state index contributed by atoms with van der Waals surface area (Å²) >= 11 is 0. The highest BCUT2D eigenvalue weighted by molar-refractivity contribution is 5.79. The first-order valence-electron chi connectivity index (χ1n) is 15.9. The number of ether oxygens (including phenoxy) is 3. The van der Waals surface area contributed by atoms with Gasteiger partial charge in [-0.3, -0.25) is 14.5 Å². The Bertz CT molecular complexity index is 1270. The summed E-state index contributed by atoms with van der Waals surface area (Å²) in [4.78, 5) is 33.1. The van der Waals surface area contributed by atoms with Gasteiger partial charge in [0.1, 0.15) is 5.75 Å². The number of carboxylic acid groups (broad SMARTS) is 1. The fourth-order valence-corrected chi connectivity index (χ4v) is 6.83. The Kier molecular flexibility index (Phi) is 10.5. The summed E-state index contributed by atoms with van der Waals surface area (Å²) in [6.45, 7) is 6.21. The molecule has 1 N–H and O–H groups in total. The SMILES string of the molecule is CCCCN(CCCCN(C)C)C(=O)CN1C[C@H](c2ccc3c(c2)CCO3)[C@@H](C(=O)O)[C@@H]1CCc1cccc2c1OCO2. The van der Waals surface area contributed by atoms with E-state index in [4.69, 9.17) is 14.2 Å². The molecule has 3 aliphatic heterocycles. The Labute approximate surface area is 255 Å². The molecule has 0 spiro atoms. The van der Waals surface area contributed by atoms with Crippen LogP contribution in [0.3, 0.4) is 0 Å². The molecule has 5 rings (SSSR count). The average Bonchev–Trinajstić information content (AvgIpc) is 3.73. The van der Waals surface area contributed by atoms with E-state index in [1.54, 1.807) is 0 Å². The topological polar surface area (TPSA) is 91.8 Å². The van der Waals surface area contributed by atoms with Crippen LogP contribution in [0.1, 0.15) is 61.6 Å². The van der Waals surface area contributed by atoms with Crippen LogP contribution in [0.25, 0.3) is 0 Å². The van der Waals surface area contributed by atoms with E-state index in [1.165, 1.54) is 0 Å². The van der Waals surface area contributed by atoms with Gasteiger partial charge in [0.15, 0.2) is 11.5 Å². The van der Waals surface area contributed by atoms with Gasteiger partial charge in [-0.05, 0) is 81.6 Å². The van der Waals surface area contributed by atoms with E-state index in [9.17, 15) is 14.7 Å². The molecule has 0 bridgehead atoms. The molecular formula is C34H47N3O6. The van der Waals surface area contributed by atoms with Gasteiger partial charge in [0.2, 0.25) is 12.7 Å². The first kappa shape index (κ1) is 31.1.